The number of aliphatic hydroxyl groups excluding tert-OH is 1. The third kappa shape index (κ3) is 2.65. The fourth-order valence-corrected chi connectivity index (χ4v) is 2.25. The summed E-state index contributed by atoms with van der Waals surface area (Å²) in [5, 5.41) is 13.9. The lowest BCUT2D eigenvalue weighted by Crippen LogP contribution is -2.02. The number of aliphatic hydroxyl groups is 1. The number of hydrogen-bond acceptors (Lipinski definition) is 3. The molecule has 16 heavy (non-hydrogen) atoms. The molecule has 2 aromatic heterocycles. The van der Waals surface area contributed by atoms with Crippen molar-refractivity contribution in [1.29, 1.82) is 0 Å². The monoisotopic (exact) mass is 237 g/mol. The maximum atomic E-state index is 13.3. The Kier molecular flexibility index (Phi) is 3.64. The minimum absolute atomic E-state index is 0.324. The molecule has 2 nitrogen and oxygen atoms in total. The minimum Gasteiger partial charge on any atom is -0.388 e. The summed E-state index contributed by atoms with van der Waals surface area (Å²) >= 11 is 1.62. The van der Waals surface area contributed by atoms with E-state index >= 15 is 0 Å². The summed E-state index contributed by atoms with van der Waals surface area (Å²) in [6, 6.07) is 3.54. The Morgan fingerprint density at radius 2 is 2.31 bits per heavy atom. The third-order valence-electron chi connectivity index (χ3n) is 2.45. The van der Waals surface area contributed by atoms with Gasteiger partial charge in [0, 0.05) is 11.8 Å². The van der Waals surface area contributed by atoms with E-state index in [0.717, 1.165) is 12.6 Å². The molecule has 0 radical (unpaired) electrons. The fourth-order valence-electron chi connectivity index (χ4n) is 1.55. The van der Waals surface area contributed by atoms with Crippen LogP contribution in [0.5, 0.6) is 0 Å². The van der Waals surface area contributed by atoms with Crippen LogP contribution in [0.3, 0.4) is 0 Å². The SMILES string of the molecule is OC(CCc1ccsc1)c1ccncc1F. The number of rotatable bonds is 4. The largest absolute Gasteiger partial charge is 0.388 e. The van der Waals surface area contributed by atoms with Crippen LogP contribution < -0.4 is 0 Å². The first-order valence-electron chi connectivity index (χ1n) is 5.06. The molecule has 0 amide bonds. The molecule has 1 atom stereocenters. The summed E-state index contributed by atoms with van der Waals surface area (Å²) in [5.74, 6) is -0.444. The molecule has 1 N–H and O–H groups in total. The van der Waals surface area contributed by atoms with Gasteiger partial charge in [-0.15, -0.1) is 0 Å². The van der Waals surface area contributed by atoms with Crippen LogP contribution in [0.1, 0.15) is 23.7 Å². The Morgan fingerprint density at radius 3 is 3.00 bits per heavy atom. The smallest absolute Gasteiger partial charge is 0.147 e. The van der Waals surface area contributed by atoms with E-state index in [2.05, 4.69) is 4.98 Å². The molecule has 84 valence electrons. The third-order valence-corrected chi connectivity index (χ3v) is 3.18. The zero-order chi connectivity index (χ0) is 11.4. The van der Waals surface area contributed by atoms with Gasteiger partial charge in [-0.05, 0) is 41.3 Å². The number of thiophene rings is 1. The molecule has 2 aromatic rings. The molecule has 0 bridgehead atoms. The standard InChI is InChI=1S/C12H12FNOS/c13-11-7-14-5-3-10(11)12(15)2-1-9-4-6-16-8-9/h3-8,12,15H,1-2H2. The van der Waals surface area contributed by atoms with Crippen LogP contribution in [-0.2, 0) is 6.42 Å². The zero-order valence-electron chi connectivity index (χ0n) is 8.64. The predicted molar refractivity (Wildman–Crippen MR) is 61.8 cm³/mol. The van der Waals surface area contributed by atoms with Crippen molar-refractivity contribution in [2.75, 3.05) is 0 Å². The number of nitrogens with zero attached hydrogens (tertiary/aromatic N) is 1. The lowest BCUT2D eigenvalue weighted by molar-refractivity contribution is 0.163. The Bertz CT molecular complexity index is 444. The first-order chi connectivity index (χ1) is 7.77. The maximum absolute atomic E-state index is 13.3. The Balaban J connectivity index is 1.98. The van der Waals surface area contributed by atoms with Crippen molar-refractivity contribution in [2.45, 2.75) is 18.9 Å². The molecular formula is C12H12FNOS. The molecule has 2 heterocycles. The van der Waals surface area contributed by atoms with E-state index in [0.29, 0.717) is 12.0 Å². The second kappa shape index (κ2) is 5.18. The van der Waals surface area contributed by atoms with Crippen molar-refractivity contribution >= 4 is 11.3 Å². The number of pyridine rings is 1. The number of hydrogen-bond donors (Lipinski definition) is 1. The van der Waals surface area contributed by atoms with Crippen LogP contribution in [0, 0.1) is 5.82 Å². The lowest BCUT2D eigenvalue weighted by Gasteiger charge is -2.10. The fraction of sp³-hybridized carbons (Fsp3) is 0.250. The summed E-state index contributed by atoms with van der Waals surface area (Å²) in [6.07, 6.45) is 3.14. The number of aryl methyl sites for hydroxylation is 1. The molecule has 2 rings (SSSR count). The number of aromatic nitrogens is 1. The number of halogens is 1. The van der Waals surface area contributed by atoms with Crippen LogP contribution in [0.15, 0.2) is 35.3 Å². The van der Waals surface area contributed by atoms with Gasteiger partial charge < -0.3 is 5.11 Å². The lowest BCUT2D eigenvalue weighted by atomic mass is 10.0. The van der Waals surface area contributed by atoms with Crippen LogP contribution in [0.25, 0.3) is 0 Å². The van der Waals surface area contributed by atoms with Crippen LogP contribution >= 0.6 is 11.3 Å². The van der Waals surface area contributed by atoms with Gasteiger partial charge in [-0.2, -0.15) is 11.3 Å². The molecule has 0 aliphatic rings. The molecule has 1 unspecified atom stereocenters. The van der Waals surface area contributed by atoms with Gasteiger partial charge in [-0.3, -0.25) is 4.98 Å². The topological polar surface area (TPSA) is 33.1 Å². The zero-order valence-corrected chi connectivity index (χ0v) is 9.45. The highest BCUT2D eigenvalue weighted by atomic mass is 32.1. The maximum Gasteiger partial charge on any atom is 0.147 e. The van der Waals surface area contributed by atoms with Crippen LogP contribution in [-0.4, -0.2) is 10.1 Å². The van der Waals surface area contributed by atoms with Crippen molar-refractivity contribution in [3.63, 3.8) is 0 Å². The van der Waals surface area contributed by atoms with E-state index in [1.165, 1.54) is 17.8 Å². The highest BCUT2D eigenvalue weighted by Crippen LogP contribution is 2.21. The van der Waals surface area contributed by atoms with E-state index < -0.39 is 11.9 Å². The Morgan fingerprint density at radius 1 is 1.44 bits per heavy atom. The van der Waals surface area contributed by atoms with Crippen molar-refractivity contribution in [3.05, 3.63) is 52.2 Å². The van der Waals surface area contributed by atoms with E-state index in [1.54, 1.807) is 11.3 Å². The summed E-state index contributed by atoms with van der Waals surface area (Å²) in [5.41, 5.74) is 1.50. The molecule has 0 spiro atoms. The average molecular weight is 237 g/mol. The first kappa shape index (κ1) is 11.2. The van der Waals surface area contributed by atoms with E-state index in [1.807, 2.05) is 16.8 Å². The highest BCUT2D eigenvalue weighted by Gasteiger charge is 2.12. The Labute approximate surface area is 97.4 Å². The van der Waals surface area contributed by atoms with Gasteiger partial charge in [0.25, 0.3) is 0 Å². The molecule has 4 heteroatoms. The van der Waals surface area contributed by atoms with Crippen LogP contribution in [0.4, 0.5) is 4.39 Å². The van der Waals surface area contributed by atoms with Gasteiger partial charge in [0.1, 0.15) is 5.82 Å². The average Bonchev–Trinajstić information content (AvgIpc) is 2.79. The molecule has 0 aliphatic carbocycles. The van der Waals surface area contributed by atoms with Gasteiger partial charge >= 0.3 is 0 Å². The van der Waals surface area contributed by atoms with Gasteiger partial charge in [0.05, 0.1) is 12.3 Å². The van der Waals surface area contributed by atoms with Gasteiger partial charge in [0.15, 0.2) is 0 Å². The van der Waals surface area contributed by atoms with E-state index in [4.69, 9.17) is 0 Å². The van der Waals surface area contributed by atoms with Crippen molar-refractivity contribution in [3.8, 4) is 0 Å². The van der Waals surface area contributed by atoms with Crippen LogP contribution in [0.2, 0.25) is 0 Å². The van der Waals surface area contributed by atoms with E-state index in [9.17, 15) is 9.50 Å². The van der Waals surface area contributed by atoms with Crippen molar-refractivity contribution in [1.82, 2.24) is 4.98 Å². The normalized spacial score (nSPS) is 12.6. The van der Waals surface area contributed by atoms with Gasteiger partial charge in [0.2, 0.25) is 0 Å². The first-order valence-corrected chi connectivity index (χ1v) is 6.00. The molecule has 0 aliphatic heterocycles. The quantitative estimate of drug-likeness (QED) is 0.886. The Hall–Kier alpha value is -1.26. The van der Waals surface area contributed by atoms with Crippen molar-refractivity contribution in [2.24, 2.45) is 0 Å². The molecule has 0 fully saturated rings. The molecule has 0 aromatic carbocycles. The highest BCUT2D eigenvalue weighted by molar-refractivity contribution is 7.07. The van der Waals surface area contributed by atoms with Gasteiger partial charge in [-0.1, -0.05) is 0 Å². The summed E-state index contributed by atoms with van der Waals surface area (Å²) in [7, 11) is 0. The van der Waals surface area contributed by atoms with Crippen molar-refractivity contribution < 1.29 is 9.50 Å². The minimum atomic E-state index is -0.761. The second-order valence-electron chi connectivity index (χ2n) is 3.58. The second-order valence-corrected chi connectivity index (χ2v) is 4.36. The van der Waals surface area contributed by atoms with E-state index in [-0.39, 0.29) is 0 Å². The summed E-state index contributed by atoms with van der Waals surface area (Å²) in [6.45, 7) is 0. The molecular weight excluding hydrogens is 225 g/mol. The molecule has 0 saturated heterocycles. The summed E-state index contributed by atoms with van der Waals surface area (Å²) in [4.78, 5) is 3.65. The van der Waals surface area contributed by atoms with Gasteiger partial charge in [-0.25, -0.2) is 4.39 Å². The molecule has 0 saturated carbocycles. The summed E-state index contributed by atoms with van der Waals surface area (Å²) < 4.78 is 13.3. The predicted octanol–water partition coefficient (Wildman–Crippen LogP) is 2.95.